The number of esters is 1. The number of thiophene rings is 1. The van der Waals surface area contributed by atoms with Crippen molar-refractivity contribution in [3.05, 3.63) is 50.8 Å². The number of halogens is 1. The second-order valence-corrected chi connectivity index (χ2v) is 7.24. The van der Waals surface area contributed by atoms with Crippen LogP contribution in [-0.4, -0.2) is 22.1 Å². The molecule has 1 atom stereocenters. The number of nitrogens with zero attached hydrogens (tertiary/aromatic N) is 2. The molecule has 2 heterocycles. The highest BCUT2D eigenvalue weighted by atomic mass is 35.5. The number of aromatic nitrogens is 2. The Morgan fingerprint density at radius 1 is 1.36 bits per heavy atom. The van der Waals surface area contributed by atoms with E-state index in [4.69, 9.17) is 16.3 Å². The Balaban J connectivity index is 2.21. The minimum atomic E-state index is -0.734. The third-order valence-corrected chi connectivity index (χ3v) is 5.26. The Morgan fingerprint density at radius 2 is 2.04 bits per heavy atom. The van der Waals surface area contributed by atoms with Crippen LogP contribution in [0.3, 0.4) is 0 Å². The van der Waals surface area contributed by atoms with Crippen LogP contribution in [0.2, 0.25) is 5.02 Å². The highest BCUT2D eigenvalue weighted by Gasteiger charge is 2.22. The van der Waals surface area contributed by atoms with Crippen LogP contribution in [0.15, 0.2) is 35.4 Å². The predicted octanol–water partition coefficient (Wildman–Crippen LogP) is 4.21. The van der Waals surface area contributed by atoms with Crippen LogP contribution in [0, 0.1) is 6.92 Å². The summed E-state index contributed by atoms with van der Waals surface area (Å²) in [5.74, 6) is -0.453. The van der Waals surface area contributed by atoms with Gasteiger partial charge in [0.05, 0.1) is 18.3 Å². The molecule has 3 aromatic rings. The summed E-state index contributed by atoms with van der Waals surface area (Å²) in [5.41, 5.74) is 1.48. The average Bonchev–Trinajstić information content (AvgIpc) is 2.92. The molecule has 7 heteroatoms. The van der Waals surface area contributed by atoms with Crippen molar-refractivity contribution >= 4 is 39.1 Å². The molecule has 0 aliphatic heterocycles. The van der Waals surface area contributed by atoms with Crippen molar-refractivity contribution in [2.45, 2.75) is 26.8 Å². The van der Waals surface area contributed by atoms with Gasteiger partial charge in [0.2, 0.25) is 0 Å². The maximum atomic E-state index is 13.0. The van der Waals surface area contributed by atoms with Crippen LogP contribution >= 0.6 is 22.9 Å². The topological polar surface area (TPSA) is 61.2 Å². The lowest BCUT2D eigenvalue weighted by atomic mass is 10.0. The van der Waals surface area contributed by atoms with E-state index in [1.54, 1.807) is 26.0 Å². The zero-order chi connectivity index (χ0) is 18.1. The van der Waals surface area contributed by atoms with Gasteiger partial charge in [-0.2, -0.15) is 0 Å². The minimum Gasteiger partial charge on any atom is -0.464 e. The molecule has 0 radical (unpaired) electrons. The molecule has 0 aliphatic rings. The molecule has 0 amide bonds. The van der Waals surface area contributed by atoms with Crippen molar-refractivity contribution in [2.24, 2.45) is 0 Å². The highest BCUT2D eigenvalue weighted by Crippen LogP contribution is 2.36. The van der Waals surface area contributed by atoms with Gasteiger partial charge in [-0.15, -0.1) is 11.3 Å². The fraction of sp³-hybridized carbons (Fsp3) is 0.278. The summed E-state index contributed by atoms with van der Waals surface area (Å²) in [5, 5.41) is 1.15. The lowest BCUT2D eigenvalue weighted by molar-refractivity contribution is -0.146. The summed E-state index contributed by atoms with van der Waals surface area (Å²) in [6.45, 7) is 5.58. The molecule has 0 N–H and O–H groups in total. The van der Waals surface area contributed by atoms with E-state index in [1.165, 1.54) is 22.2 Å². The first-order chi connectivity index (χ1) is 11.9. The number of hydrogen-bond acceptors (Lipinski definition) is 5. The Bertz CT molecular complexity index is 992. The largest absolute Gasteiger partial charge is 0.464 e. The van der Waals surface area contributed by atoms with E-state index in [0.717, 1.165) is 16.0 Å². The number of carbonyl (C=O) groups is 1. The zero-order valence-electron chi connectivity index (χ0n) is 14.1. The third-order valence-electron chi connectivity index (χ3n) is 3.99. The molecule has 0 saturated heterocycles. The first kappa shape index (κ1) is 17.6. The van der Waals surface area contributed by atoms with Gasteiger partial charge in [0.15, 0.2) is 0 Å². The summed E-state index contributed by atoms with van der Waals surface area (Å²) in [6, 6.07) is 6.60. The molecular weight excluding hydrogens is 360 g/mol. The van der Waals surface area contributed by atoms with Gasteiger partial charge in [-0.25, -0.2) is 9.78 Å². The van der Waals surface area contributed by atoms with Crippen LogP contribution in [0.1, 0.15) is 24.8 Å². The van der Waals surface area contributed by atoms with E-state index in [0.29, 0.717) is 15.2 Å². The lowest BCUT2D eigenvalue weighted by Gasteiger charge is -2.13. The van der Waals surface area contributed by atoms with E-state index in [9.17, 15) is 9.59 Å². The summed E-state index contributed by atoms with van der Waals surface area (Å²) in [4.78, 5) is 31.1. The number of hydrogen-bond donors (Lipinski definition) is 0. The third kappa shape index (κ3) is 3.19. The van der Waals surface area contributed by atoms with Crippen molar-refractivity contribution in [1.82, 2.24) is 9.55 Å². The van der Waals surface area contributed by atoms with Gasteiger partial charge in [0.1, 0.15) is 10.9 Å². The summed E-state index contributed by atoms with van der Waals surface area (Å²) in [7, 11) is 0. The lowest BCUT2D eigenvalue weighted by Crippen LogP contribution is -2.29. The van der Waals surface area contributed by atoms with Gasteiger partial charge < -0.3 is 4.74 Å². The Morgan fingerprint density at radius 3 is 2.68 bits per heavy atom. The van der Waals surface area contributed by atoms with Crippen molar-refractivity contribution in [3.8, 4) is 11.1 Å². The zero-order valence-corrected chi connectivity index (χ0v) is 15.6. The number of rotatable bonds is 4. The molecular formula is C18H17ClN2O3S. The summed E-state index contributed by atoms with van der Waals surface area (Å²) >= 11 is 7.42. The van der Waals surface area contributed by atoms with Gasteiger partial charge in [-0.3, -0.25) is 9.36 Å². The van der Waals surface area contributed by atoms with Gasteiger partial charge >= 0.3 is 5.97 Å². The first-order valence-electron chi connectivity index (χ1n) is 7.86. The normalized spacial score (nSPS) is 12.3. The van der Waals surface area contributed by atoms with E-state index < -0.39 is 12.0 Å². The van der Waals surface area contributed by atoms with Crippen molar-refractivity contribution in [3.63, 3.8) is 0 Å². The molecule has 1 unspecified atom stereocenters. The number of aryl methyl sites for hydroxylation is 1. The number of fused-ring (bicyclic) bond motifs is 1. The quantitative estimate of drug-likeness (QED) is 0.640. The molecule has 0 bridgehead atoms. The molecule has 25 heavy (non-hydrogen) atoms. The molecule has 0 fully saturated rings. The minimum absolute atomic E-state index is 0.250. The first-order valence-corrected chi connectivity index (χ1v) is 9.06. The van der Waals surface area contributed by atoms with Crippen LogP contribution in [0.4, 0.5) is 0 Å². The maximum Gasteiger partial charge on any atom is 0.328 e. The SMILES string of the molecule is CCOC(=O)C(C)n1cnc2sc(C)c(-c3ccc(Cl)cc3)c2c1=O. The van der Waals surface area contributed by atoms with E-state index >= 15 is 0 Å². The molecule has 5 nitrogen and oxygen atoms in total. The molecule has 0 saturated carbocycles. The Hall–Kier alpha value is -2.18. The Labute approximate surface area is 153 Å². The van der Waals surface area contributed by atoms with Crippen LogP contribution in [0.5, 0.6) is 0 Å². The van der Waals surface area contributed by atoms with Crippen LogP contribution in [-0.2, 0) is 9.53 Å². The van der Waals surface area contributed by atoms with Crippen LogP contribution < -0.4 is 5.56 Å². The highest BCUT2D eigenvalue weighted by molar-refractivity contribution is 7.19. The average molecular weight is 377 g/mol. The molecule has 1 aromatic carbocycles. The molecule has 0 aliphatic carbocycles. The monoisotopic (exact) mass is 376 g/mol. The van der Waals surface area contributed by atoms with Crippen molar-refractivity contribution < 1.29 is 9.53 Å². The predicted molar refractivity (Wildman–Crippen MR) is 100 cm³/mol. The molecule has 130 valence electrons. The van der Waals surface area contributed by atoms with E-state index in [-0.39, 0.29) is 12.2 Å². The van der Waals surface area contributed by atoms with Gasteiger partial charge in [0.25, 0.3) is 5.56 Å². The molecule has 3 rings (SSSR count). The smallest absolute Gasteiger partial charge is 0.328 e. The fourth-order valence-corrected chi connectivity index (χ4v) is 3.86. The van der Waals surface area contributed by atoms with Crippen molar-refractivity contribution in [2.75, 3.05) is 6.61 Å². The van der Waals surface area contributed by atoms with Gasteiger partial charge in [-0.1, -0.05) is 23.7 Å². The fourth-order valence-electron chi connectivity index (χ4n) is 2.73. The molecule has 2 aromatic heterocycles. The Kier molecular flexibility index (Phi) is 4.92. The number of ether oxygens (including phenoxy) is 1. The van der Waals surface area contributed by atoms with E-state index in [1.807, 2.05) is 19.1 Å². The number of benzene rings is 1. The summed E-state index contributed by atoms with van der Waals surface area (Å²) in [6.07, 6.45) is 1.41. The van der Waals surface area contributed by atoms with Crippen LogP contribution in [0.25, 0.3) is 21.3 Å². The van der Waals surface area contributed by atoms with Gasteiger partial charge in [-0.05, 0) is 38.5 Å². The van der Waals surface area contributed by atoms with E-state index in [2.05, 4.69) is 4.98 Å². The number of carbonyl (C=O) groups excluding carboxylic acids is 1. The second-order valence-electron chi connectivity index (χ2n) is 5.61. The van der Waals surface area contributed by atoms with Gasteiger partial charge in [0, 0.05) is 15.5 Å². The van der Waals surface area contributed by atoms with Crippen molar-refractivity contribution in [1.29, 1.82) is 0 Å². The molecule has 0 spiro atoms. The second kappa shape index (κ2) is 6.98. The maximum absolute atomic E-state index is 13.0. The standard InChI is InChI=1S/C18H17ClN2O3S/c1-4-24-18(23)10(2)21-9-20-16-15(17(21)22)14(11(3)25-16)12-5-7-13(19)8-6-12/h5-10H,4H2,1-3H3. The summed E-state index contributed by atoms with van der Waals surface area (Å²) < 4.78 is 6.35.